The quantitative estimate of drug-likeness (QED) is 0.674. The van der Waals surface area contributed by atoms with Gasteiger partial charge in [0.1, 0.15) is 0 Å². The van der Waals surface area contributed by atoms with Gasteiger partial charge in [-0.1, -0.05) is 27.7 Å². The number of carboxylic acid groups (broad SMARTS) is 1. The third-order valence-corrected chi connectivity index (χ3v) is 2.92. The minimum absolute atomic E-state index is 0.0156. The predicted molar refractivity (Wildman–Crippen MR) is 73.9 cm³/mol. The van der Waals surface area contributed by atoms with Crippen LogP contribution in [0, 0.1) is 11.3 Å². The van der Waals surface area contributed by atoms with Gasteiger partial charge < -0.3 is 15.2 Å². The Kier molecular flexibility index (Phi) is 7.68. The van der Waals surface area contributed by atoms with Crippen molar-refractivity contribution in [2.75, 3.05) is 13.2 Å². The SMILES string of the molecule is CCOCC(NC(=O)CC(C)(C)CC(=O)O)C(C)C. The zero-order chi connectivity index (χ0) is 15.1. The second kappa shape index (κ2) is 8.15. The Bertz CT molecular complexity index is 300. The van der Waals surface area contributed by atoms with Crippen LogP contribution in [0.15, 0.2) is 0 Å². The van der Waals surface area contributed by atoms with Crippen molar-refractivity contribution in [3.05, 3.63) is 0 Å². The molecule has 1 amide bonds. The molecule has 0 heterocycles. The molecule has 0 aromatic carbocycles. The summed E-state index contributed by atoms with van der Waals surface area (Å²) >= 11 is 0. The minimum Gasteiger partial charge on any atom is -0.481 e. The van der Waals surface area contributed by atoms with E-state index in [4.69, 9.17) is 9.84 Å². The first-order valence-corrected chi connectivity index (χ1v) is 6.77. The average molecular weight is 273 g/mol. The third-order valence-electron chi connectivity index (χ3n) is 2.92. The maximum atomic E-state index is 12.0. The molecule has 0 saturated carbocycles. The van der Waals surface area contributed by atoms with Crippen LogP contribution in [0.1, 0.15) is 47.5 Å². The monoisotopic (exact) mass is 273 g/mol. The van der Waals surface area contributed by atoms with Gasteiger partial charge >= 0.3 is 5.97 Å². The molecule has 0 aliphatic carbocycles. The van der Waals surface area contributed by atoms with Crippen molar-refractivity contribution in [1.82, 2.24) is 5.32 Å². The first-order chi connectivity index (χ1) is 8.68. The molecule has 19 heavy (non-hydrogen) atoms. The van der Waals surface area contributed by atoms with Gasteiger partial charge in [-0.3, -0.25) is 9.59 Å². The van der Waals surface area contributed by atoms with E-state index < -0.39 is 11.4 Å². The molecule has 0 radical (unpaired) electrons. The standard InChI is InChI=1S/C14H27NO4/c1-6-19-9-11(10(2)3)15-12(16)7-14(4,5)8-13(17)18/h10-11H,6-9H2,1-5H3,(H,15,16)(H,17,18). The number of amides is 1. The Morgan fingerprint density at radius 2 is 1.84 bits per heavy atom. The maximum absolute atomic E-state index is 12.0. The van der Waals surface area contributed by atoms with Gasteiger partial charge in [-0.25, -0.2) is 0 Å². The molecule has 0 saturated heterocycles. The lowest BCUT2D eigenvalue weighted by molar-refractivity contribution is -0.139. The summed E-state index contributed by atoms with van der Waals surface area (Å²) in [6, 6.07) is -0.0342. The van der Waals surface area contributed by atoms with E-state index in [9.17, 15) is 9.59 Å². The van der Waals surface area contributed by atoms with Gasteiger partial charge in [-0.15, -0.1) is 0 Å². The number of carboxylic acids is 1. The molecule has 0 rings (SSSR count). The molecule has 0 aliphatic heterocycles. The number of aliphatic carboxylic acids is 1. The Morgan fingerprint density at radius 1 is 1.26 bits per heavy atom. The zero-order valence-electron chi connectivity index (χ0n) is 12.7. The van der Waals surface area contributed by atoms with Crippen LogP contribution in [0.2, 0.25) is 0 Å². The fourth-order valence-electron chi connectivity index (χ4n) is 1.81. The Balaban J connectivity index is 4.36. The van der Waals surface area contributed by atoms with Gasteiger partial charge in [0.2, 0.25) is 5.91 Å². The van der Waals surface area contributed by atoms with Crippen molar-refractivity contribution in [3.63, 3.8) is 0 Å². The summed E-state index contributed by atoms with van der Waals surface area (Å²) in [4.78, 5) is 22.7. The normalized spacial score (nSPS) is 13.4. The number of ether oxygens (including phenoxy) is 1. The number of carbonyl (C=O) groups is 2. The molecule has 0 aliphatic rings. The van der Waals surface area contributed by atoms with Crippen LogP contribution in [0.25, 0.3) is 0 Å². The average Bonchev–Trinajstić information content (AvgIpc) is 2.20. The van der Waals surface area contributed by atoms with Crippen LogP contribution < -0.4 is 5.32 Å². The van der Waals surface area contributed by atoms with Gasteiger partial charge in [0.25, 0.3) is 0 Å². The lowest BCUT2D eigenvalue weighted by Crippen LogP contribution is -2.43. The first-order valence-electron chi connectivity index (χ1n) is 6.77. The highest BCUT2D eigenvalue weighted by Crippen LogP contribution is 2.24. The Labute approximate surface area is 115 Å². The summed E-state index contributed by atoms with van der Waals surface area (Å²) < 4.78 is 5.34. The predicted octanol–water partition coefficient (Wildman–Crippen LogP) is 2.05. The topological polar surface area (TPSA) is 75.6 Å². The van der Waals surface area contributed by atoms with Gasteiger partial charge in [0.05, 0.1) is 19.1 Å². The van der Waals surface area contributed by atoms with E-state index in [2.05, 4.69) is 5.32 Å². The smallest absolute Gasteiger partial charge is 0.303 e. The van der Waals surface area contributed by atoms with Crippen LogP contribution in [-0.2, 0) is 14.3 Å². The molecular formula is C14H27NO4. The van der Waals surface area contributed by atoms with Crippen molar-refractivity contribution in [2.45, 2.75) is 53.5 Å². The molecular weight excluding hydrogens is 246 g/mol. The second-order valence-electron chi connectivity index (χ2n) is 5.99. The lowest BCUT2D eigenvalue weighted by Gasteiger charge is -2.26. The fraction of sp³-hybridized carbons (Fsp3) is 0.857. The van der Waals surface area contributed by atoms with Gasteiger partial charge in [-0.05, 0) is 18.3 Å². The third kappa shape index (κ3) is 8.59. The van der Waals surface area contributed by atoms with Crippen LogP contribution >= 0.6 is 0 Å². The summed E-state index contributed by atoms with van der Waals surface area (Å²) in [5.41, 5.74) is -0.539. The van der Waals surface area contributed by atoms with Gasteiger partial charge in [0.15, 0.2) is 0 Å². The van der Waals surface area contributed by atoms with Crippen LogP contribution in [-0.4, -0.2) is 36.2 Å². The number of hydrogen-bond acceptors (Lipinski definition) is 3. The summed E-state index contributed by atoms with van der Waals surface area (Å²) in [6.45, 7) is 10.6. The molecule has 112 valence electrons. The molecule has 1 atom stereocenters. The molecule has 0 spiro atoms. The number of hydrogen-bond donors (Lipinski definition) is 2. The fourth-order valence-corrected chi connectivity index (χ4v) is 1.81. The molecule has 0 aromatic heterocycles. The summed E-state index contributed by atoms with van der Waals surface area (Å²) in [5.74, 6) is -0.727. The first kappa shape index (κ1) is 17.9. The van der Waals surface area contributed by atoms with E-state index >= 15 is 0 Å². The van der Waals surface area contributed by atoms with Crippen LogP contribution in [0.3, 0.4) is 0 Å². The largest absolute Gasteiger partial charge is 0.481 e. The van der Waals surface area contributed by atoms with Crippen molar-refractivity contribution in [3.8, 4) is 0 Å². The summed E-state index contributed by atoms with van der Waals surface area (Å²) in [5, 5.41) is 11.7. The summed E-state index contributed by atoms with van der Waals surface area (Å²) in [6.07, 6.45) is 0.187. The highest BCUT2D eigenvalue weighted by molar-refractivity contribution is 5.78. The highest BCUT2D eigenvalue weighted by Gasteiger charge is 2.26. The molecule has 5 nitrogen and oxygen atoms in total. The molecule has 2 N–H and O–H groups in total. The van der Waals surface area contributed by atoms with Gasteiger partial charge in [-0.2, -0.15) is 0 Å². The molecule has 0 fully saturated rings. The van der Waals surface area contributed by atoms with Crippen molar-refractivity contribution >= 4 is 11.9 Å². The van der Waals surface area contributed by atoms with E-state index in [0.29, 0.717) is 13.2 Å². The second-order valence-corrected chi connectivity index (χ2v) is 5.99. The van der Waals surface area contributed by atoms with E-state index in [0.717, 1.165) is 0 Å². The number of rotatable bonds is 9. The number of nitrogens with one attached hydrogen (secondary N) is 1. The van der Waals surface area contributed by atoms with E-state index in [1.54, 1.807) is 13.8 Å². The van der Waals surface area contributed by atoms with E-state index in [1.807, 2.05) is 20.8 Å². The molecule has 5 heteroatoms. The lowest BCUT2D eigenvalue weighted by atomic mass is 9.85. The number of carbonyl (C=O) groups excluding carboxylic acids is 1. The Morgan fingerprint density at radius 3 is 2.26 bits per heavy atom. The van der Waals surface area contributed by atoms with Crippen LogP contribution in [0.4, 0.5) is 0 Å². The highest BCUT2D eigenvalue weighted by atomic mass is 16.5. The molecule has 1 unspecified atom stereocenters. The zero-order valence-corrected chi connectivity index (χ0v) is 12.7. The van der Waals surface area contributed by atoms with Crippen molar-refractivity contribution in [1.29, 1.82) is 0 Å². The molecule has 0 aromatic rings. The van der Waals surface area contributed by atoms with E-state index in [-0.39, 0.29) is 30.7 Å². The van der Waals surface area contributed by atoms with Gasteiger partial charge in [0, 0.05) is 13.0 Å². The van der Waals surface area contributed by atoms with Crippen molar-refractivity contribution < 1.29 is 19.4 Å². The molecule has 0 bridgehead atoms. The summed E-state index contributed by atoms with van der Waals surface area (Å²) in [7, 11) is 0. The Hall–Kier alpha value is -1.10. The minimum atomic E-state index is -0.882. The van der Waals surface area contributed by atoms with Crippen LogP contribution in [0.5, 0.6) is 0 Å². The van der Waals surface area contributed by atoms with Crippen molar-refractivity contribution in [2.24, 2.45) is 11.3 Å². The van der Waals surface area contributed by atoms with E-state index in [1.165, 1.54) is 0 Å². The maximum Gasteiger partial charge on any atom is 0.303 e.